The third-order valence-electron chi connectivity index (χ3n) is 3.80. The van der Waals surface area contributed by atoms with Crippen LogP contribution in [0.25, 0.3) is 0 Å². The number of hydrogen-bond acceptors (Lipinski definition) is 6. The van der Waals surface area contributed by atoms with E-state index in [9.17, 15) is 19.8 Å². The molecule has 4 atom stereocenters. The highest BCUT2D eigenvalue weighted by molar-refractivity contribution is 8.23. The maximum atomic E-state index is 12.1. The number of hydrogen-bond donors (Lipinski definition) is 2. The summed E-state index contributed by atoms with van der Waals surface area (Å²) in [5, 5.41) is 19.0. The molecule has 0 saturated carbocycles. The predicted octanol–water partition coefficient (Wildman–Crippen LogP) is 1.17. The number of imidazole rings is 1. The fourth-order valence-corrected chi connectivity index (χ4v) is 5.99. The maximum absolute atomic E-state index is 12.1. The van der Waals surface area contributed by atoms with Gasteiger partial charge in [0.15, 0.2) is 5.70 Å². The highest BCUT2D eigenvalue weighted by Crippen LogP contribution is 2.54. The molecule has 2 aliphatic heterocycles. The first-order valence-corrected chi connectivity index (χ1v) is 8.94. The zero-order valence-corrected chi connectivity index (χ0v) is 14.3. The van der Waals surface area contributed by atoms with Crippen molar-refractivity contribution >= 4 is 35.4 Å². The molecule has 1 aromatic heterocycles. The van der Waals surface area contributed by atoms with Gasteiger partial charge in [0.25, 0.3) is 0 Å². The molecule has 2 unspecified atom stereocenters. The second-order valence-corrected chi connectivity index (χ2v) is 8.45. The molecule has 0 aromatic carbocycles. The van der Waals surface area contributed by atoms with Crippen molar-refractivity contribution in [3.05, 3.63) is 28.7 Å². The van der Waals surface area contributed by atoms with E-state index in [1.54, 1.807) is 19.4 Å². The quantitative estimate of drug-likeness (QED) is 0.740. The van der Waals surface area contributed by atoms with Crippen LogP contribution < -0.4 is 0 Å². The van der Waals surface area contributed by atoms with Crippen LogP contribution in [0.4, 0.5) is 0 Å². The van der Waals surface area contributed by atoms with E-state index in [-0.39, 0.29) is 22.2 Å². The molecule has 9 heteroatoms. The molecule has 7 nitrogen and oxygen atoms in total. The van der Waals surface area contributed by atoms with E-state index >= 15 is 0 Å². The van der Waals surface area contributed by atoms with Crippen LogP contribution in [0.15, 0.2) is 28.7 Å². The summed E-state index contributed by atoms with van der Waals surface area (Å²) < 4.78 is 2.56. The molecule has 2 N–H and O–H groups in total. The Labute approximate surface area is 141 Å². The fourth-order valence-electron chi connectivity index (χ4n) is 2.74. The van der Waals surface area contributed by atoms with E-state index in [0.29, 0.717) is 10.8 Å². The second-order valence-electron chi connectivity index (χ2n) is 5.61. The van der Waals surface area contributed by atoms with Gasteiger partial charge in [0.1, 0.15) is 5.37 Å². The highest BCUT2D eigenvalue weighted by Gasteiger charge is 2.57. The average Bonchev–Trinajstić information content (AvgIpc) is 3.04. The highest BCUT2D eigenvalue weighted by atomic mass is 32.2. The molecule has 0 aliphatic carbocycles. The number of β-lactam (4-membered cyclic amide) rings is 1. The fraction of sp³-hybridized carbons (Fsp3) is 0.500. The lowest BCUT2D eigenvalue weighted by Gasteiger charge is -2.43. The predicted molar refractivity (Wildman–Crippen MR) is 87.3 cm³/mol. The third kappa shape index (κ3) is 2.88. The number of carbonyl (C=O) groups is 2. The zero-order valence-electron chi connectivity index (χ0n) is 12.6. The van der Waals surface area contributed by atoms with Crippen molar-refractivity contribution in [2.75, 3.05) is 0 Å². The van der Waals surface area contributed by atoms with Gasteiger partial charge >= 0.3 is 5.97 Å². The number of carbonyl (C=O) groups excluding carboxylic acids is 1. The minimum atomic E-state index is -1.10. The first-order valence-electron chi connectivity index (χ1n) is 7.18. The maximum Gasteiger partial charge on any atom is 0.354 e. The summed E-state index contributed by atoms with van der Waals surface area (Å²) in [7, 11) is 0. The summed E-state index contributed by atoms with van der Waals surface area (Å²) in [6, 6.07) is 0. The summed E-state index contributed by atoms with van der Waals surface area (Å²) in [6.45, 7) is 4.26. The molecular weight excluding hydrogens is 338 g/mol. The molecule has 1 aromatic rings. The van der Waals surface area contributed by atoms with Gasteiger partial charge < -0.3 is 14.8 Å². The Kier molecular flexibility index (Phi) is 4.43. The Hall–Kier alpha value is -1.45. The number of thioether (sulfide) groups is 2. The first kappa shape index (κ1) is 16.4. The van der Waals surface area contributed by atoms with Crippen LogP contribution in [0, 0.1) is 5.92 Å². The van der Waals surface area contributed by atoms with Crippen molar-refractivity contribution in [3.8, 4) is 0 Å². The van der Waals surface area contributed by atoms with Gasteiger partial charge in [-0.05, 0) is 6.92 Å². The van der Waals surface area contributed by atoms with Gasteiger partial charge in [0, 0.05) is 24.2 Å². The van der Waals surface area contributed by atoms with Gasteiger partial charge in [-0.3, -0.25) is 9.69 Å². The van der Waals surface area contributed by atoms with E-state index in [1.165, 1.54) is 28.4 Å². The topological polar surface area (TPSA) is 95.7 Å². The van der Waals surface area contributed by atoms with Crippen molar-refractivity contribution in [2.24, 2.45) is 5.92 Å². The number of carboxylic acid groups (broad SMARTS) is 1. The Morgan fingerprint density at radius 1 is 1.52 bits per heavy atom. The molecule has 0 radical (unpaired) electrons. The number of fused-ring (bicyclic) bond motifs is 1. The van der Waals surface area contributed by atoms with Crippen molar-refractivity contribution < 1.29 is 19.8 Å². The van der Waals surface area contributed by atoms with Crippen molar-refractivity contribution in [3.63, 3.8) is 0 Å². The molecule has 0 bridgehead atoms. The van der Waals surface area contributed by atoms with Gasteiger partial charge in [-0.15, -0.1) is 11.8 Å². The van der Waals surface area contributed by atoms with Crippen molar-refractivity contribution in [2.45, 2.75) is 37.1 Å². The molecule has 124 valence electrons. The number of rotatable bonds is 6. The molecule has 1 amide bonds. The number of aliphatic hydroxyl groups excluding tert-OH is 1. The van der Waals surface area contributed by atoms with E-state index in [2.05, 4.69) is 4.98 Å². The van der Waals surface area contributed by atoms with E-state index < -0.39 is 18.0 Å². The standard InChI is InChI=1S/C14H17N3O4S2/c1-7(5-16-4-3-15-6-16)22-14-10(13(20)21)17-11(19)9(8(2)18)12(17)23-14/h3-4,6-9,12,18H,5H2,1-2H3,(H,20,21)/t7?,8?,9-,12+/m0/s1. The summed E-state index contributed by atoms with van der Waals surface area (Å²) in [5.41, 5.74) is 0.0457. The largest absolute Gasteiger partial charge is 0.477 e. The van der Waals surface area contributed by atoms with Gasteiger partial charge in [0.05, 0.1) is 22.6 Å². The Morgan fingerprint density at radius 3 is 2.83 bits per heavy atom. The van der Waals surface area contributed by atoms with Gasteiger partial charge in [-0.1, -0.05) is 18.7 Å². The number of amides is 1. The van der Waals surface area contributed by atoms with Crippen LogP contribution in [0.1, 0.15) is 13.8 Å². The van der Waals surface area contributed by atoms with Crippen LogP contribution >= 0.6 is 23.5 Å². The summed E-state index contributed by atoms with van der Waals surface area (Å²) >= 11 is 2.80. The van der Waals surface area contributed by atoms with E-state index in [1.807, 2.05) is 17.7 Å². The molecule has 3 rings (SSSR count). The minimum Gasteiger partial charge on any atom is -0.477 e. The Balaban J connectivity index is 1.75. The van der Waals surface area contributed by atoms with Crippen molar-refractivity contribution in [1.82, 2.24) is 14.5 Å². The Bertz CT molecular complexity index is 659. The summed E-state index contributed by atoms with van der Waals surface area (Å²) in [4.78, 5) is 29.0. The number of carboxylic acids is 1. The molecular formula is C14H17N3O4S2. The van der Waals surface area contributed by atoms with Crippen LogP contribution in [-0.4, -0.2) is 53.3 Å². The van der Waals surface area contributed by atoms with Gasteiger partial charge in [0.2, 0.25) is 5.91 Å². The van der Waals surface area contributed by atoms with Crippen LogP contribution in [0.5, 0.6) is 0 Å². The summed E-state index contributed by atoms with van der Waals surface area (Å²) in [6.07, 6.45) is 4.48. The Morgan fingerprint density at radius 2 is 2.26 bits per heavy atom. The first-order chi connectivity index (χ1) is 10.9. The van der Waals surface area contributed by atoms with Gasteiger partial charge in [-0.2, -0.15) is 0 Å². The molecule has 2 aliphatic rings. The lowest BCUT2D eigenvalue weighted by atomic mass is 9.92. The third-order valence-corrected chi connectivity index (χ3v) is 6.49. The number of aliphatic carboxylic acids is 1. The van der Waals surface area contributed by atoms with Crippen LogP contribution in [0.2, 0.25) is 0 Å². The smallest absolute Gasteiger partial charge is 0.354 e. The average molecular weight is 355 g/mol. The molecule has 1 fully saturated rings. The monoisotopic (exact) mass is 355 g/mol. The van der Waals surface area contributed by atoms with E-state index in [0.717, 1.165) is 0 Å². The SMILES string of the molecule is CC(Cn1ccnc1)SC1=C(C(=O)O)N2C(=O)[C@H](C(C)O)[C@H]2S1. The number of aliphatic hydroxyl groups is 1. The van der Waals surface area contributed by atoms with Gasteiger partial charge in [-0.25, -0.2) is 9.78 Å². The van der Waals surface area contributed by atoms with Crippen molar-refractivity contribution in [1.29, 1.82) is 0 Å². The van der Waals surface area contributed by atoms with Crippen LogP contribution in [-0.2, 0) is 16.1 Å². The molecule has 1 saturated heterocycles. The number of aromatic nitrogens is 2. The lowest BCUT2D eigenvalue weighted by molar-refractivity contribution is -0.156. The molecule has 23 heavy (non-hydrogen) atoms. The lowest BCUT2D eigenvalue weighted by Crippen LogP contribution is -2.60. The molecule has 3 heterocycles. The molecule has 0 spiro atoms. The van der Waals surface area contributed by atoms with Crippen LogP contribution in [0.3, 0.4) is 0 Å². The minimum absolute atomic E-state index is 0.0457. The number of nitrogens with zero attached hydrogens (tertiary/aromatic N) is 3. The second kappa shape index (κ2) is 6.21. The van der Waals surface area contributed by atoms with E-state index in [4.69, 9.17) is 0 Å². The normalized spacial score (nSPS) is 26.0. The summed E-state index contributed by atoms with van der Waals surface area (Å²) in [5.74, 6) is -1.95. The zero-order chi connectivity index (χ0) is 16.7.